The van der Waals surface area contributed by atoms with Crippen molar-refractivity contribution in [3.8, 4) is 0 Å². The SMILES string of the molecule is O=C(Nc1ccccc1C(=S)Cc1ccccc1)c1ccccc1. The van der Waals surface area contributed by atoms with Gasteiger partial charge in [0.25, 0.3) is 5.91 Å². The summed E-state index contributed by atoms with van der Waals surface area (Å²) in [5.74, 6) is -0.134. The number of nitrogens with one attached hydrogen (secondary N) is 1. The van der Waals surface area contributed by atoms with E-state index in [4.69, 9.17) is 12.2 Å². The normalized spacial score (nSPS) is 10.2. The average Bonchev–Trinajstić information content (AvgIpc) is 2.63. The van der Waals surface area contributed by atoms with Crippen molar-refractivity contribution in [2.24, 2.45) is 0 Å². The smallest absolute Gasteiger partial charge is 0.255 e. The minimum Gasteiger partial charge on any atom is -0.321 e. The molecule has 0 heterocycles. The van der Waals surface area contributed by atoms with Crippen molar-refractivity contribution in [2.75, 3.05) is 5.32 Å². The molecular formula is C21H17NOS. The zero-order chi connectivity index (χ0) is 16.8. The van der Waals surface area contributed by atoms with Gasteiger partial charge in [-0.25, -0.2) is 0 Å². The number of anilines is 1. The van der Waals surface area contributed by atoms with Gasteiger partial charge in [-0.1, -0.05) is 78.9 Å². The molecule has 0 saturated carbocycles. The fourth-order valence-electron chi connectivity index (χ4n) is 2.50. The Morgan fingerprint density at radius 3 is 2.08 bits per heavy atom. The van der Waals surface area contributed by atoms with Crippen molar-refractivity contribution in [1.82, 2.24) is 0 Å². The Hall–Kier alpha value is -2.78. The molecule has 0 spiro atoms. The summed E-state index contributed by atoms with van der Waals surface area (Å²) >= 11 is 5.61. The molecule has 0 atom stereocenters. The minimum atomic E-state index is -0.134. The fourth-order valence-corrected chi connectivity index (χ4v) is 2.84. The zero-order valence-electron chi connectivity index (χ0n) is 13.1. The van der Waals surface area contributed by atoms with Gasteiger partial charge in [-0.3, -0.25) is 4.79 Å². The Balaban J connectivity index is 1.80. The summed E-state index contributed by atoms with van der Waals surface area (Å²) in [5, 5.41) is 2.97. The van der Waals surface area contributed by atoms with Crippen LogP contribution in [0.4, 0.5) is 5.69 Å². The first kappa shape index (κ1) is 16.1. The van der Waals surface area contributed by atoms with E-state index >= 15 is 0 Å². The number of carbonyl (C=O) groups is 1. The molecular weight excluding hydrogens is 314 g/mol. The van der Waals surface area contributed by atoms with Gasteiger partial charge in [0.05, 0.1) is 0 Å². The number of rotatable bonds is 5. The van der Waals surface area contributed by atoms with Crippen molar-refractivity contribution in [3.05, 3.63) is 102 Å². The van der Waals surface area contributed by atoms with Gasteiger partial charge in [-0.05, 0) is 23.8 Å². The van der Waals surface area contributed by atoms with Gasteiger partial charge < -0.3 is 5.32 Å². The summed E-state index contributed by atoms with van der Waals surface area (Å²) in [4.78, 5) is 13.2. The highest BCUT2D eigenvalue weighted by Crippen LogP contribution is 2.19. The monoisotopic (exact) mass is 331 g/mol. The summed E-state index contributed by atoms with van der Waals surface area (Å²) in [6, 6.07) is 26.9. The molecule has 3 heteroatoms. The van der Waals surface area contributed by atoms with E-state index in [2.05, 4.69) is 17.4 Å². The standard InChI is InChI=1S/C21H17NOS/c23-21(17-11-5-2-6-12-17)22-19-14-8-7-13-18(19)20(24)15-16-9-3-1-4-10-16/h1-14H,15H2,(H,22,23). The van der Waals surface area contributed by atoms with Crippen LogP contribution < -0.4 is 5.32 Å². The lowest BCUT2D eigenvalue weighted by atomic mass is 10.0. The summed E-state index contributed by atoms with van der Waals surface area (Å²) < 4.78 is 0. The van der Waals surface area contributed by atoms with Gasteiger partial charge in [0, 0.05) is 28.1 Å². The second kappa shape index (κ2) is 7.66. The van der Waals surface area contributed by atoms with Crippen LogP contribution in [0.1, 0.15) is 21.5 Å². The Morgan fingerprint density at radius 1 is 0.792 bits per heavy atom. The molecule has 0 unspecified atom stereocenters. The van der Waals surface area contributed by atoms with Crippen LogP contribution in [0.3, 0.4) is 0 Å². The Labute approximate surface area is 147 Å². The highest BCUT2D eigenvalue weighted by Gasteiger charge is 2.11. The molecule has 3 aromatic rings. The summed E-state index contributed by atoms with van der Waals surface area (Å²) in [7, 11) is 0. The molecule has 0 radical (unpaired) electrons. The molecule has 3 aromatic carbocycles. The molecule has 0 bridgehead atoms. The number of hydrogen-bond acceptors (Lipinski definition) is 2. The van der Waals surface area contributed by atoms with E-state index in [0.29, 0.717) is 12.0 Å². The molecule has 0 aliphatic carbocycles. The summed E-state index contributed by atoms with van der Waals surface area (Å²) in [6.07, 6.45) is 0.675. The van der Waals surface area contributed by atoms with Crippen molar-refractivity contribution in [1.29, 1.82) is 0 Å². The molecule has 0 aliphatic rings. The maximum Gasteiger partial charge on any atom is 0.255 e. The number of benzene rings is 3. The molecule has 3 rings (SSSR count). The topological polar surface area (TPSA) is 29.1 Å². The van der Waals surface area contributed by atoms with Crippen molar-refractivity contribution >= 4 is 28.7 Å². The van der Waals surface area contributed by atoms with E-state index in [9.17, 15) is 4.79 Å². The summed E-state index contributed by atoms with van der Waals surface area (Å²) in [6.45, 7) is 0. The van der Waals surface area contributed by atoms with Crippen molar-refractivity contribution in [3.63, 3.8) is 0 Å². The first-order chi connectivity index (χ1) is 11.7. The number of thiocarbonyl (C=S) groups is 1. The van der Waals surface area contributed by atoms with Crippen molar-refractivity contribution < 1.29 is 4.79 Å². The first-order valence-electron chi connectivity index (χ1n) is 7.76. The largest absolute Gasteiger partial charge is 0.321 e. The zero-order valence-corrected chi connectivity index (χ0v) is 13.9. The second-order valence-electron chi connectivity index (χ2n) is 5.45. The molecule has 24 heavy (non-hydrogen) atoms. The molecule has 118 valence electrons. The third-order valence-electron chi connectivity index (χ3n) is 3.72. The van der Waals surface area contributed by atoms with Crippen LogP contribution in [0, 0.1) is 0 Å². The second-order valence-corrected chi connectivity index (χ2v) is 5.94. The van der Waals surface area contributed by atoms with Crippen LogP contribution in [0.25, 0.3) is 0 Å². The lowest BCUT2D eigenvalue weighted by molar-refractivity contribution is 0.102. The average molecular weight is 331 g/mol. The van der Waals surface area contributed by atoms with E-state index in [1.165, 1.54) is 0 Å². The lowest BCUT2D eigenvalue weighted by Gasteiger charge is -2.12. The van der Waals surface area contributed by atoms with Crippen LogP contribution in [0.2, 0.25) is 0 Å². The molecule has 0 saturated heterocycles. The number of amides is 1. The molecule has 0 aliphatic heterocycles. The van der Waals surface area contributed by atoms with E-state index in [0.717, 1.165) is 21.7 Å². The van der Waals surface area contributed by atoms with Gasteiger partial charge in [0.1, 0.15) is 0 Å². The minimum absolute atomic E-state index is 0.134. The van der Waals surface area contributed by atoms with E-state index in [1.54, 1.807) is 12.1 Å². The van der Waals surface area contributed by atoms with E-state index < -0.39 is 0 Å². The van der Waals surface area contributed by atoms with Gasteiger partial charge in [-0.15, -0.1) is 0 Å². The number of para-hydroxylation sites is 1. The van der Waals surface area contributed by atoms with Crippen LogP contribution in [0.5, 0.6) is 0 Å². The molecule has 0 aromatic heterocycles. The van der Waals surface area contributed by atoms with Gasteiger partial charge in [-0.2, -0.15) is 0 Å². The highest BCUT2D eigenvalue weighted by molar-refractivity contribution is 7.80. The summed E-state index contributed by atoms with van der Waals surface area (Å²) in [5.41, 5.74) is 3.42. The number of hydrogen-bond donors (Lipinski definition) is 1. The van der Waals surface area contributed by atoms with Gasteiger partial charge in [0.2, 0.25) is 0 Å². The first-order valence-corrected chi connectivity index (χ1v) is 8.17. The van der Waals surface area contributed by atoms with Crippen LogP contribution in [-0.4, -0.2) is 10.8 Å². The van der Waals surface area contributed by atoms with Crippen LogP contribution >= 0.6 is 12.2 Å². The third-order valence-corrected chi connectivity index (χ3v) is 4.08. The predicted octanol–water partition coefficient (Wildman–Crippen LogP) is 4.90. The van der Waals surface area contributed by atoms with Gasteiger partial charge >= 0.3 is 0 Å². The number of carbonyl (C=O) groups excluding carboxylic acids is 1. The Kier molecular flexibility index (Phi) is 5.14. The molecule has 2 nitrogen and oxygen atoms in total. The lowest BCUT2D eigenvalue weighted by Crippen LogP contribution is -2.15. The third kappa shape index (κ3) is 3.94. The van der Waals surface area contributed by atoms with E-state index in [-0.39, 0.29) is 5.91 Å². The molecule has 1 amide bonds. The quantitative estimate of drug-likeness (QED) is 0.532. The predicted molar refractivity (Wildman–Crippen MR) is 103 cm³/mol. The maximum atomic E-state index is 12.4. The molecule has 1 N–H and O–H groups in total. The fraction of sp³-hybridized carbons (Fsp3) is 0.0476. The Bertz CT molecular complexity index is 844. The van der Waals surface area contributed by atoms with E-state index in [1.807, 2.05) is 60.7 Å². The van der Waals surface area contributed by atoms with Crippen LogP contribution in [-0.2, 0) is 6.42 Å². The highest BCUT2D eigenvalue weighted by atomic mass is 32.1. The Morgan fingerprint density at radius 2 is 1.38 bits per heavy atom. The van der Waals surface area contributed by atoms with Gasteiger partial charge in [0.15, 0.2) is 0 Å². The van der Waals surface area contributed by atoms with Crippen molar-refractivity contribution in [2.45, 2.75) is 6.42 Å². The van der Waals surface area contributed by atoms with Crippen LogP contribution in [0.15, 0.2) is 84.9 Å². The molecule has 0 fully saturated rings. The maximum absolute atomic E-state index is 12.4.